The highest BCUT2D eigenvalue weighted by Gasteiger charge is 2.20. The molecule has 3 N–H and O–H groups in total. The number of hydrogen-bond donors (Lipinski definition) is 2. The number of aryl methyl sites for hydroxylation is 1. The summed E-state index contributed by atoms with van der Waals surface area (Å²) in [4.78, 5) is 13.4. The highest BCUT2D eigenvalue weighted by atomic mass is 32.1. The fourth-order valence-electron chi connectivity index (χ4n) is 2.79. The quantitative estimate of drug-likeness (QED) is 0.660. The maximum absolute atomic E-state index is 13.6. The van der Waals surface area contributed by atoms with Gasteiger partial charge in [0.05, 0.1) is 4.88 Å². The van der Waals surface area contributed by atoms with E-state index in [4.69, 9.17) is 0 Å². The molecule has 26 heavy (non-hydrogen) atoms. The third kappa shape index (κ3) is 4.77. The maximum atomic E-state index is 13.6. The molecule has 5 heteroatoms. The lowest BCUT2D eigenvalue weighted by Gasteiger charge is -2.15. The lowest BCUT2D eigenvalue weighted by Crippen LogP contribution is -2.87. The third-order valence-corrected chi connectivity index (χ3v) is 5.21. The fourth-order valence-corrected chi connectivity index (χ4v) is 3.64. The molecule has 0 bridgehead atoms. The van der Waals surface area contributed by atoms with Crippen molar-refractivity contribution in [3.05, 3.63) is 93.4 Å². The first-order valence-corrected chi connectivity index (χ1v) is 9.45. The van der Waals surface area contributed by atoms with E-state index in [9.17, 15) is 9.18 Å². The fraction of sp³-hybridized carbons (Fsp3) is 0.190. The Labute approximate surface area is 156 Å². The molecule has 1 heterocycles. The maximum Gasteiger partial charge on any atom is 0.275 e. The summed E-state index contributed by atoms with van der Waals surface area (Å²) >= 11 is 1.68. The number of amides is 1. The highest BCUT2D eigenvalue weighted by molar-refractivity contribution is 7.10. The van der Waals surface area contributed by atoms with Gasteiger partial charge in [-0.05, 0) is 24.4 Å². The number of nitrogens with two attached hydrogens (primary N) is 1. The highest BCUT2D eigenvalue weighted by Crippen LogP contribution is 2.22. The van der Waals surface area contributed by atoms with Crippen molar-refractivity contribution in [2.75, 3.05) is 6.54 Å². The Morgan fingerprint density at radius 2 is 1.88 bits per heavy atom. The first-order chi connectivity index (χ1) is 12.6. The summed E-state index contributed by atoms with van der Waals surface area (Å²) in [5.41, 5.74) is 2.87. The Balaban J connectivity index is 1.61. The van der Waals surface area contributed by atoms with E-state index in [-0.39, 0.29) is 30.9 Å². The number of hydrogen-bond acceptors (Lipinski definition) is 2. The van der Waals surface area contributed by atoms with Crippen molar-refractivity contribution in [1.82, 2.24) is 5.32 Å². The van der Waals surface area contributed by atoms with Gasteiger partial charge in [0.2, 0.25) is 0 Å². The largest absolute Gasteiger partial charge is 0.347 e. The van der Waals surface area contributed by atoms with Crippen LogP contribution in [0.25, 0.3) is 0 Å². The van der Waals surface area contributed by atoms with Crippen LogP contribution in [0.1, 0.15) is 27.6 Å². The Morgan fingerprint density at radius 1 is 1.12 bits per heavy atom. The first-order valence-electron chi connectivity index (χ1n) is 8.57. The molecule has 0 aliphatic heterocycles. The van der Waals surface area contributed by atoms with Crippen molar-refractivity contribution >= 4 is 17.2 Å². The summed E-state index contributed by atoms with van der Waals surface area (Å²) in [7, 11) is 0. The van der Waals surface area contributed by atoms with E-state index in [0.29, 0.717) is 5.56 Å². The SMILES string of the molecule is Cc1ccc([C@@H]([NH2+]CC(=O)NCc2ccccc2F)c2cccs2)cc1. The minimum atomic E-state index is -0.298. The third-order valence-electron chi connectivity index (χ3n) is 4.26. The average molecular weight is 369 g/mol. The molecule has 0 fully saturated rings. The number of benzene rings is 2. The zero-order valence-corrected chi connectivity index (χ0v) is 15.4. The second-order valence-corrected chi connectivity index (χ2v) is 7.19. The van der Waals surface area contributed by atoms with Crippen LogP contribution < -0.4 is 10.6 Å². The number of carbonyl (C=O) groups excluding carboxylic acids is 1. The molecule has 0 unspecified atom stereocenters. The molecule has 2 aromatic carbocycles. The molecular formula is C21H22FN2OS+. The molecule has 0 aliphatic rings. The van der Waals surface area contributed by atoms with Crippen molar-refractivity contribution in [2.45, 2.75) is 19.5 Å². The lowest BCUT2D eigenvalue weighted by molar-refractivity contribution is -0.676. The number of thiophene rings is 1. The molecule has 0 saturated carbocycles. The zero-order valence-electron chi connectivity index (χ0n) is 14.6. The van der Waals surface area contributed by atoms with Gasteiger partial charge < -0.3 is 10.6 Å². The molecule has 1 aromatic heterocycles. The van der Waals surface area contributed by atoms with Gasteiger partial charge in [0.1, 0.15) is 11.9 Å². The van der Waals surface area contributed by atoms with Crippen LogP contribution in [-0.2, 0) is 11.3 Å². The Kier molecular flexibility index (Phi) is 6.15. The second-order valence-electron chi connectivity index (χ2n) is 6.21. The van der Waals surface area contributed by atoms with Gasteiger partial charge in [0, 0.05) is 17.7 Å². The normalized spacial score (nSPS) is 11.9. The molecule has 134 valence electrons. The standard InChI is InChI=1S/C21H21FN2OS/c1-15-8-10-16(11-9-15)21(19-7-4-12-26-19)24-14-20(25)23-13-17-5-2-3-6-18(17)22/h2-12,21,24H,13-14H2,1H3,(H,23,25)/p+1/t21-/m1/s1. The van der Waals surface area contributed by atoms with Gasteiger partial charge in [-0.15, -0.1) is 11.3 Å². The summed E-state index contributed by atoms with van der Waals surface area (Å²) in [6.45, 7) is 2.54. The molecular weight excluding hydrogens is 347 g/mol. The number of carbonyl (C=O) groups is 1. The minimum Gasteiger partial charge on any atom is -0.347 e. The van der Waals surface area contributed by atoms with Gasteiger partial charge in [-0.1, -0.05) is 54.1 Å². The van der Waals surface area contributed by atoms with E-state index in [1.807, 2.05) is 16.8 Å². The van der Waals surface area contributed by atoms with Crippen LogP contribution in [0.15, 0.2) is 66.0 Å². The molecule has 0 radical (unpaired) electrons. The molecule has 1 atom stereocenters. The minimum absolute atomic E-state index is 0.0785. The van der Waals surface area contributed by atoms with Crippen LogP contribution in [0.4, 0.5) is 4.39 Å². The first kappa shape index (κ1) is 18.3. The predicted molar refractivity (Wildman–Crippen MR) is 102 cm³/mol. The van der Waals surface area contributed by atoms with Crippen LogP contribution in [0.2, 0.25) is 0 Å². The Morgan fingerprint density at radius 3 is 2.58 bits per heavy atom. The molecule has 3 nitrogen and oxygen atoms in total. The number of quaternary nitrogens is 1. The summed E-state index contributed by atoms with van der Waals surface area (Å²) in [6, 6.07) is 19.1. The van der Waals surface area contributed by atoms with Crippen LogP contribution in [0, 0.1) is 12.7 Å². The molecule has 3 rings (SSSR count). The summed E-state index contributed by atoms with van der Waals surface area (Å²) in [6.07, 6.45) is 0. The number of halogens is 1. The van der Waals surface area contributed by atoms with Crippen LogP contribution in [-0.4, -0.2) is 12.5 Å². The van der Waals surface area contributed by atoms with E-state index in [0.717, 1.165) is 0 Å². The summed E-state index contributed by atoms with van der Waals surface area (Å²) < 4.78 is 13.6. The molecule has 1 amide bonds. The van der Waals surface area contributed by atoms with Gasteiger partial charge in [0.25, 0.3) is 5.91 Å². The van der Waals surface area contributed by atoms with E-state index < -0.39 is 0 Å². The van der Waals surface area contributed by atoms with Crippen molar-refractivity contribution in [3.8, 4) is 0 Å². The van der Waals surface area contributed by atoms with Gasteiger partial charge in [-0.25, -0.2) is 4.39 Å². The molecule has 0 spiro atoms. The van der Waals surface area contributed by atoms with E-state index in [1.165, 1.54) is 22.1 Å². The van der Waals surface area contributed by atoms with Crippen molar-refractivity contribution in [2.24, 2.45) is 0 Å². The van der Waals surface area contributed by atoms with Crippen LogP contribution in [0.5, 0.6) is 0 Å². The molecule has 3 aromatic rings. The van der Waals surface area contributed by atoms with Crippen molar-refractivity contribution < 1.29 is 14.5 Å². The number of rotatable bonds is 7. The van der Waals surface area contributed by atoms with Crippen molar-refractivity contribution in [1.29, 1.82) is 0 Å². The lowest BCUT2D eigenvalue weighted by atomic mass is 10.0. The monoisotopic (exact) mass is 369 g/mol. The predicted octanol–water partition coefficient (Wildman–Crippen LogP) is 3.16. The van der Waals surface area contributed by atoms with Gasteiger partial charge >= 0.3 is 0 Å². The second kappa shape index (κ2) is 8.74. The van der Waals surface area contributed by atoms with Gasteiger partial charge in [-0.3, -0.25) is 4.79 Å². The van der Waals surface area contributed by atoms with Gasteiger partial charge in [0.15, 0.2) is 6.54 Å². The van der Waals surface area contributed by atoms with Crippen LogP contribution in [0.3, 0.4) is 0 Å². The van der Waals surface area contributed by atoms with Crippen molar-refractivity contribution in [3.63, 3.8) is 0 Å². The topological polar surface area (TPSA) is 45.7 Å². The summed E-state index contributed by atoms with van der Waals surface area (Å²) in [5, 5.41) is 6.86. The van der Waals surface area contributed by atoms with Crippen LogP contribution >= 0.6 is 11.3 Å². The average Bonchev–Trinajstić information content (AvgIpc) is 3.17. The van der Waals surface area contributed by atoms with E-state index in [2.05, 4.69) is 42.6 Å². The van der Waals surface area contributed by atoms with E-state index >= 15 is 0 Å². The summed E-state index contributed by atoms with van der Waals surface area (Å²) in [5.74, 6) is -0.408. The van der Waals surface area contributed by atoms with E-state index in [1.54, 1.807) is 29.5 Å². The zero-order chi connectivity index (χ0) is 18.4. The molecule has 0 aliphatic carbocycles. The Bertz CT molecular complexity index is 847. The van der Waals surface area contributed by atoms with Gasteiger partial charge in [-0.2, -0.15) is 0 Å². The smallest absolute Gasteiger partial charge is 0.275 e. The number of nitrogens with one attached hydrogen (secondary N) is 1. The Hall–Kier alpha value is -2.50. The molecule has 0 saturated heterocycles.